The van der Waals surface area contributed by atoms with Gasteiger partial charge in [-0.15, -0.1) is 13.2 Å². The standard InChI is InChI=1S/C4H2BF6N2.K/c6-4(7,8)13-3(1-2-12-13)5(9,10)11;/h1-2H;/q-1;+1. The Morgan fingerprint density at radius 2 is 1.71 bits per heavy atom. The molecule has 1 aromatic heterocycles. The zero-order chi connectivity index (χ0) is 10.3. The number of hydrogen-bond acceptors (Lipinski definition) is 1. The van der Waals surface area contributed by atoms with Crippen LogP contribution >= 0.6 is 0 Å². The second-order valence-electron chi connectivity index (χ2n) is 2.21. The van der Waals surface area contributed by atoms with Crippen LogP contribution in [0, 0.1) is 0 Å². The summed E-state index contributed by atoms with van der Waals surface area (Å²) in [7, 11) is 0. The van der Waals surface area contributed by atoms with E-state index < -0.39 is 23.6 Å². The van der Waals surface area contributed by atoms with Crippen LogP contribution in [0.25, 0.3) is 0 Å². The van der Waals surface area contributed by atoms with Crippen molar-refractivity contribution in [3.8, 4) is 0 Å². The van der Waals surface area contributed by atoms with Gasteiger partial charge >= 0.3 is 64.7 Å². The van der Waals surface area contributed by atoms with Crippen molar-refractivity contribution < 1.29 is 77.5 Å². The second kappa shape index (κ2) is 4.56. The Labute approximate surface area is 117 Å². The molecule has 10 heteroatoms. The molecule has 74 valence electrons. The molecule has 0 aliphatic heterocycles. The topological polar surface area (TPSA) is 17.8 Å². The Balaban J connectivity index is 0.00000169. The molecule has 0 unspecified atom stereocenters. The molecule has 0 radical (unpaired) electrons. The van der Waals surface area contributed by atoms with Crippen LogP contribution < -0.4 is 57.0 Å². The summed E-state index contributed by atoms with van der Waals surface area (Å²) < 4.78 is 70.2. The van der Waals surface area contributed by atoms with Crippen LogP contribution in [0.4, 0.5) is 26.1 Å². The minimum absolute atomic E-state index is 0. The van der Waals surface area contributed by atoms with E-state index in [1.807, 2.05) is 0 Å². The monoisotopic (exact) mass is 242 g/mol. The number of nitrogens with zero attached hydrogens (tertiary/aromatic N) is 2. The van der Waals surface area contributed by atoms with E-state index in [1.54, 1.807) is 0 Å². The van der Waals surface area contributed by atoms with Crippen LogP contribution in [-0.4, -0.2) is 16.8 Å². The second-order valence-corrected chi connectivity index (χ2v) is 2.21. The molecule has 0 bridgehead atoms. The minimum atomic E-state index is -5.68. The maximum absolute atomic E-state index is 11.9. The third-order valence-corrected chi connectivity index (χ3v) is 1.25. The minimum Gasteiger partial charge on any atom is -0.444 e. The Morgan fingerprint density at radius 3 is 2.00 bits per heavy atom. The van der Waals surface area contributed by atoms with Crippen molar-refractivity contribution >= 4 is 12.6 Å². The van der Waals surface area contributed by atoms with Crippen molar-refractivity contribution in [2.75, 3.05) is 0 Å². The van der Waals surface area contributed by atoms with E-state index in [-0.39, 0.29) is 57.5 Å². The predicted molar refractivity (Wildman–Crippen MR) is 32.2 cm³/mol. The van der Waals surface area contributed by atoms with Crippen molar-refractivity contribution in [1.29, 1.82) is 0 Å². The molecule has 0 fully saturated rings. The third kappa shape index (κ3) is 3.26. The molecule has 1 aromatic rings. The number of rotatable bonds is 1. The van der Waals surface area contributed by atoms with Gasteiger partial charge in [0.05, 0.1) is 0 Å². The first-order chi connectivity index (χ1) is 5.73. The van der Waals surface area contributed by atoms with E-state index in [1.165, 1.54) is 0 Å². The molecule has 0 atom stereocenters. The van der Waals surface area contributed by atoms with Crippen molar-refractivity contribution in [3.63, 3.8) is 0 Å². The van der Waals surface area contributed by atoms with Crippen molar-refractivity contribution in [3.05, 3.63) is 12.3 Å². The Kier molecular flexibility index (Phi) is 4.72. The third-order valence-electron chi connectivity index (χ3n) is 1.25. The van der Waals surface area contributed by atoms with Crippen molar-refractivity contribution in [1.82, 2.24) is 9.78 Å². The van der Waals surface area contributed by atoms with Crippen LogP contribution in [0.5, 0.6) is 0 Å². The van der Waals surface area contributed by atoms with Gasteiger partial charge in [0.15, 0.2) is 0 Å². The summed E-state index contributed by atoms with van der Waals surface area (Å²) >= 11 is 0. The summed E-state index contributed by atoms with van der Waals surface area (Å²) in [6, 6.07) is 0.285. The van der Waals surface area contributed by atoms with Crippen molar-refractivity contribution in [2.45, 2.75) is 6.30 Å². The largest absolute Gasteiger partial charge is 1.00 e. The zero-order valence-corrected chi connectivity index (χ0v) is 10.0. The van der Waals surface area contributed by atoms with E-state index in [0.29, 0.717) is 6.20 Å². The van der Waals surface area contributed by atoms with Gasteiger partial charge in [0.2, 0.25) is 0 Å². The molecular weight excluding hydrogens is 240 g/mol. The molecule has 14 heavy (non-hydrogen) atoms. The van der Waals surface area contributed by atoms with Gasteiger partial charge in [0.25, 0.3) is 0 Å². The summed E-state index contributed by atoms with van der Waals surface area (Å²) in [6.07, 6.45) is -4.67. The van der Waals surface area contributed by atoms with Gasteiger partial charge in [-0.2, -0.15) is 5.10 Å². The average Bonchev–Trinajstić information content (AvgIpc) is 2.27. The normalized spacial score (nSPS) is 12.4. The van der Waals surface area contributed by atoms with Gasteiger partial charge in [-0.1, -0.05) is 6.07 Å². The van der Waals surface area contributed by atoms with Crippen LogP contribution in [0.15, 0.2) is 12.3 Å². The van der Waals surface area contributed by atoms with Crippen LogP contribution in [0.2, 0.25) is 0 Å². The maximum atomic E-state index is 11.9. The van der Waals surface area contributed by atoms with Crippen molar-refractivity contribution in [2.24, 2.45) is 0 Å². The molecule has 0 aliphatic carbocycles. The average molecular weight is 242 g/mol. The maximum Gasteiger partial charge on any atom is 1.00 e. The first-order valence-electron chi connectivity index (χ1n) is 3.04. The molecular formula is C4H2BF6KN2. The Morgan fingerprint density at radius 1 is 1.21 bits per heavy atom. The molecule has 0 saturated heterocycles. The van der Waals surface area contributed by atoms with Crippen LogP contribution in [-0.2, 0) is 6.30 Å². The summed E-state index contributed by atoms with van der Waals surface area (Å²) in [5.74, 6) is 0. The fourth-order valence-electron chi connectivity index (χ4n) is 0.773. The number of alkyl halides is 3. The Bertz CT molecular complexity index is 275. The van der Waals surface area contributed by atoms with Gasteiger partial charge in [0.1, 0.15) is 0 Å². The smallest absolute Gasteiger partial charge is 0.444 e. The molecule has 2 nitrogen and oxygen atoms in total. The molecule has 1 heterocycles. The summed E-state index contributed by atoms with van der Waals surface area (Å²) in [5.41, 5.74) is -1.77. The van der Waals surface area contributed by atoms with E-state index in [0.717, 1.165) is 0 Å². The van der Waals surface area contributed by atoms with Crippen LogP contribution in [0.3, 0.4) is 0 Å². The quantitative estimate of drug-likeness (QED) is 0.429. The molecule has 0 N–H and O–H groups in total. The molecule has 0 aromatic carbocycles. The Hall–Kier alpha value is 0.491. The fourth-order valence-corrected chi connectivity index (χ4v) is 0.773. The van der Waals surface area contributed by atoms with Gasteiger partial charge in [-0.25, -0.2) is 4.68 Å². The predicted octanol–water partition coefficient (Wildman–Crippen LogP) is -1.58. The van der Waals surface area contributed by atoms with E-state index >= 15 is 0 Å². The van der Waals surface area contributed by atoms with Gasteiger partial charge < -0.3 is 12.9 Å². The molecule has 0 aliphatic rings. The molecule has 1 rings (SSSR count). The SMILES string of the molecule is F[B-](F)(F)c1ccnn1C(F)(F)F.[K+]. The molecule has 0 saturated carbocycles. The molecule has 0 amide bonds. The van der Waals surface area contributed by atoms with E-state index in [4.69, 9.17) is 0 Å². The van der Waals surface area contributed by atoms with Crippen LogP contribution in [0.1, 0.15) is 0 Å². The first kappa shape index (κ1) is 14.5. The van der Waals surface area contributed by atoms with Gasteiger partial charge in [-0.3, -0.25) is 0 Å². The number of aromatic nitrogens is 2. The first-order valence-corrected chi connectivity index (χ1v) is 3.04. The summed E-state index contributed by atoms with van der Waals surface area (Å²) in [6.45, 7) is -5.68. The van der Waals surface area contributed by atoms with E-state index in [2.05, 4.69) is 5.10 Å². The van der Waals surface area contributed by atoms with Gasteiger partial charge in [-0.05, 0) is 5.59 Å². The molecule has 0 spiro atoms. The summed E-state index contributed by atoms with van der Waals surface area (Å²) in [4.78, 5) is 0. The van der Waals surface area contributed by atoms with E-state index in [9.17, 15) is 26.1 Å². The number of hydrogen-bond donors (Lipinski definition) is 0. The number of halogens is 6. The fraction of sp³-hybridized carbons (Fsp3) is 0.250. The summed E-state index contributed by atoms with van der Waals surface area (Å²) in [5, 5.41) is 2.54. The van der Waals surface area contributed by atoms with Gasteiger partial charge in [0, 0.05) is 6.20 Å². The zero-order valence-electron chi connectivity index (χ0n) is 6.89.